The van der Waals surface area contributed by atoms with Crippen LogP contribution in [0, 0.1) is 6.92 Å². The number of aryl methyl sites for hydroxylation is 1. The Morgan fingerprint density at radius 2 is 2.29 bits per heavy atom. The van der Waals surface area contributed by atoms with Crippen LogP contribution in [0.2, 0.25) is 0 Å². The van der Waals surface area contributed by atoms with Gasteiger partial charge in [0.1, 0.15) is 16.8 Å². The molecule has 1 heterocycles. The maximum atomic E-state index is 11.9. The molecule has 1 aromatic heterocycles. The van der Waals surface area contributed by atoms with Crippen LogP contribution in [0.3, 0.4) is 0 Å². The summed E-state index contributed by atoms with van der Waals surface area (Å²) >= 11 is 3.13. The number of hydrogen-bond acceptors (Lipinski definition) is 3. The van der Waals surface area contributed by atoms with Gasteiger partial charge in [0.05, 0.1) is 0 Å². The van der Waals surface area contributed by atoms with E-state index in [9.17, 15) is 9.59 Å². The van der Waals surface area contributed by atoms with Crippen molar-refractivity contribution in [3.05, 3.63) is 26.8 Å². The van der Waals surface area contributed by atoms with E-state index < -0.39 is 0 Å². The molecule has 1 fully saturated rings. The van der Waals surface area contributed by atoms with Crippen molar-refractivity contribution in [1.82, 2.24) is 14.5 Å². The Labute approximate surface area is 108 Å². The standard InChI is InChI=1S/C11H14BrN3O2/c1-7-13-5-9(12)11(17)15(7)6-10(16)14(2)8-3-4-8/h5,8H,3-4,6H2,1-2H3. The highest BCUT2D eigenvalue weighted by molar-refractivity contribution is 9.10. The normalized spacial score (nSPS) is 14.8. The van der Waals surface area contributed by atoms with Gasteiger partial charge >= 0.3 is 0 Å². The summed E-state index contributed by atoms with van der Waals surface area (Å²) < 4.78 is 1.77. The third-order valence-electron chi connectivity index (χ3n) is 2.99. The van der Waals surface area contributed by atoms with Crippen molar-refractivity contribution in [1.29, 1.82) is 0 Å². The van der Waals surface area contributed by atoms with E-state index in [0.717, 1.165) is 12.8 Å². The lowest BCUT2D eigenvalue weighted by Crippen LogP contribution is -2.36. The van der Waals surface area contributed by atoms with Crippen molar-refractivity contribution in [2.45, 2.75) is 32.4 Å². The molecule has 0 aromatic carbocycles. The predicted octanol–water partition coefficient (Wildman–Crippen LogP) is 0.935. The van der Waals surface area contributed by atoms with Gasteiger partial charge in [-0.3, -0.25) is 14.2 Å². The summed E-state index contributed by atoms with van der Waals surface area (Å²) in [6.07, 6.45) is 3.59. The van der Waals surface area contributed by atoms with Gasteiger partial charge < -0.3 is 4.90 Å². The first-order valence-corrected chi connectivity index (χ1v) is 6.27. The minimum atomic E-state index is -0.213. The lowest BCUT2D eigenvalue weighted by molar-refractivity contribution is -0.131. The van der Waals surface area contributed by atoms with Crippen LogP contribution in [-0.4, -0.2) is 33.4 Å². The van der Waals surface area contributed by atoms with Crippen molar-refractivity contribution in [2.24, 2.45) is 0 Å². The topological polar surface area (TPSA) is 55.2 Å². The Hall–Kier alpha value is -1.17. The quantitative estimate of drug-likeness (QED) is 0.834. The van der Waals surface area contributed by atoms with Crippen LogP contribution in [0.4, 0.5) is 0 Å². The Morgan fingerprint density at radius 1 is 1.65 bits per heavy atom. The minimum Gasteiger partial charge on any atom is -0.341 e. The molecule has 0 radical (unpaired) electrons. The first-order chi connectivity index (χ1) is 8.00. The monoisotopic (exact) mass is 299 g/mol. The molecule has 0 N–H and O–H groups in total. The molecule has 92 valence electrons. The minimum absolute atomic E-state index is 0.0439. The van der Waals surface area contributed by atoms with Gasteiger partial charge in [-0.25, -0.2) is 4.98 Å². The zero-order chi connectivity index (χ0) is 12.6. The van der Waals surface area contributed by atoms with E-state index in [1.54, 1.807) is 18.9 Å². The molecule has 6 heteroatoms. The Bertz CT molecular complexity index is 508. The first-order valence-electron chi connectivity index (χ1n) is 5.48. The fraction of sp³-hybridized carbons (Fsp3) is 0.545. The van der Waals surface area contributed by atoms with Crippen molar-refractivity contribution >= 4 is 21.8 Å². The number of carbonyl (C=O) groups excluding carboxylic acids is 1. The molecule has 0 aliphatic heterocycles. The summed E-state index contributed by atoms with van der Waals surface area (Å²) in [6.45, 7) is 1.78. The van der Waals surface area contributed by atoms with Crippen LogP contribution in [0.15, 0.2) is 15.5 Å². The SMILES string of the molecule is Cc1ncc(Br)c(=O)n1CC(=O)N(C)C1CC1. The van der Waals surface area contributed by atoms with Gasteiger partial charge in [0.25, 0.3) is 5.56 Å². The van der Waals surface area contributed by atoms with E-state index >= 15 is 0 Å². The van der Waals surface area contributed by atoms with Crippen LogP contribution in [0.5, 0.6) is 0 Å². The van der Waals surface area contributed by atoms with Crippen molar-refractivity contribution in [2.75, 3.05) is 7.05 Å². The van der Waals surface area contributed by atoms with Crippen molar-refractivity contribution in [3.8, 4) is 0 Å². The van der Waals surface area contributed by atoms with E-state index in [2.05, 4.69) is 20.9 Å². The van der Waals surface area contributed by atoms with Crippen molar-refractivity contribution in [3.63, 3.8) is 0 Å². The second-order valence-corrected chi connectivity index (χ2v) is 5.13. The summed E-state index contributed by atoms with van der Waals surface area (Å²) in [5.41, 5.74) is -0.213. The Kier molecular flexibility index (Phi) is 3.33. The summed E-state index contributed by atoms with van der Waals surface area (Å²) in [5, 5.41) is 0. The molecule has 17 heavy (non-hydrogen) atoms. The average molecular weight is 300 g/mol. The molecule has 2 rings (SSSR count). The fourth-order valence-corrected chi connectivity index (χ4v) is 1.97. The van der Waals surface area contributed by atoms with Crippen LogP contribution in [-0.2, 0) is 11.3 Å². The zero-order valence-corrected chi connectivity index (χ0v) is 11.4. The molecule has 1 saturated carbocycles. The van der Waals surface area contributed by atoms with Crippen LogP contribution in [0.25, 0.3) is 0 Å². The van der Waals surface area contributed by atoms with Gasteiger partial charge in [-0.2, -0.15) is 0 Å². The molecule has 1 aromatic rings. The number of halogens is 1. The van der Waals surface area contributed by atoms with Crippen LogP contribution < -0.4 is 5.56 Å². The molecule has 0 unspecified atom stereocenters. The lowest BCUT2D eigenvalue weighted by atomic mass is 10.4. The van der Waals surface area contributed by atoms with E-state index in [1.807, 2.05) is 0 Å². The summed E-state index contributed by atoms with van der Waals surface area (Å²) in [4.78, 5) is 29.5. The van der Waals surface area contributed by atoms with Gasteiger partial charge in [-0.1, -0.05) is 0 Å². The van der Waals surface area contributed by atoms with Gasteiger partial charge in [-0.15, -0.1) is 0 Å². The molecule has 0 saturated heterocycles. The zero-order valence-electron chi connectivity index (χ0n) is 9.81. The van der Waals surface area contributed by atoms with Crippen LogP contribution >= 0.6 is 15.9 Å². The molecule has 0 bridgehead atoms. The molecule has 1 amide bonds. The summed E-state index contributed by atoms with van der Waals surface area (Å²) in [7, 11) is 1.78. The fourth-order valence-electron chi connectivity index (χ4n) is 1.65. The molecule has 5 nitrogen and oxygen atoms in total. The highest BCUT2D eigenvalue weighted by Gasteiger charge is 2.29. The van der Waals surface area contributed by atoms with Gasteiger partial charge in [0.15, 0.2) is 0 Å². The number of amides is 1. The number of carbonyl (C=O) groups is 1. The smallest absolute Gasteiger partial charge is 0.268 e. The third kappa shape index (κ3) is 2.57. The second kappa shape index (κ2) is 4.60. The first kappa shape index (κ1) is 12.3. The van der Waals surface area contributed by atoms with E-state index in [0.29, 0.717) is 16.3 Å². The third-order valence-corrected chi connectivity index (χ3v) is 3.53. The van der Waals surface area contributed by atoms with Gasteiger partial charge in [0, 0.05) is 19.3 Å². The summed E-state index contributed by atoms with van der Waals surface area (Å²) in [6, 6.07) is 0.360. The molecule has 0 spiro atoms. The molecular formula is C11H14BrN3O2. The predicted molar refractivity (Wildman–Crippen MR) is 66.7 cm³/mol. The highest BCUT2D eigenvalue weighted by Crippen LogP contribution is 2.25. The van der Waals surface area contributed by atoms with E-state index in [-0.39, 0.29) is 18.0 Å². The van der Waals surface area contributed by atoms with E-state index in [4.69, 9.17) is 0 Å². The number of aromatic nitrogens is 2. The van der Waals surface area contributed by atoms with Gasteiger partial charge in [-0.05, 0) is 35.7 Å². The summed E-state index contributed by atoms with van der Waals surface area (Å²) in [5.74, 6) is 0.508. The Balaban J connectivity index is 2.20. The highest BCUT2D eigenvalue weighted by atomic mass is 79.9. The number of likely N-dealkylation sites (N-methyl/N-ethyl adjacent to an activating group) is 1. The lowest BCUT2D eigenvalue weighted by Gasteiger charge is -2.17. The number of rotatable bonds is 3. The number of hydrogen-bond donors (Lipinski definition) is 0. The van der Waals surface area contributed by atoms with Gasteiger partial charge in [0.2, 0.25) is 5.91 Å². The largest absolute Gasteiger partial charge is 0.341 e. The molecule has 1 aliphatic rings. The van der Waals surface area contributed by atoms with Crippen LogP contribution in [0.1, 0.15) is 18.7 Å². The average Bonchev–Trinajstić information content (AvgIpc) is 3.12. The Morgan fingerprint density at radius 3 is 2.88 bits per heavy atom. The molecular weight excluding hydrogens is 286 g/mol. The molecule has 0 atom stereocenters. The maximum absolute atomic E-state index is 11.9. The van der Waals surface area contributed by atoms with Crippen molar-refractivity contribution < 1.29 is 4.79 Å². The number of nitrogens with zero attached hydrogens (tertiary/aromatic N) is 3. The van der Waals surface area contributed by atoms with E-state index in [1.165, 1.54) is 10.8 Å². The second-order valence-electron chi connectivity index (χ2n) is 4.28. The molecule has 1 aliphatic carbocycles. The maximum Gasteiger partial charge on any atom is 0.268 e.